The third-order valence-corrected chi connectivity index (χ3v) is 3.98. The highest BCUT2D eigenvalue weighted by Gasteiger charge is 2.22. The first-order valence-electron chi connectivity index (χ1n) is 4.53. The smallest absolute Gasteiger partial charge is 0.270 e. The summed E-state index contributed by atoms with van der Waals surface area (Å²) in [6.45, 7) is 1.75. The number of thiazole rings is 1. The molecule has 2 heterocycles. The molecule has 0 atom stereocenters. The lowest BCUT2D eigenvalue weighted by Crippen LogP contribution is -2.31. The molecule has 0 aliphatic rings. The molecule has 0 saturated carbocycles. The van der Waals surface area contributed by atoms with Gasteiger partial charge in [-0.05, 0) is 6.92 Å². The zero-order valence-electron chi connectivity index (χ0n) is 8.92. The lowest BCUT2D eigenvalue weighted by molar-refractivity contribution is 0.591. The fraction of sp³-hybridized carbons (Fsp3) is 0.143. The van der Waals surface area contributed by atoms with Crippen LogP contribution in [0.3, 0.4) is 0 Å². The van der Waals surface area contributed by atoms with Crippen LogP contribution in [-0.4, -0.2) is 28.6 Å². The first-order chi connectivity index (χ1) is 8.38. The summed E-state index contributed by atoms with van der Waals surface area (Å²) in [6.07, 6.45) is 1.48. The number of hydrogen-bond donors (Lipinski definition) is 3. The lowest BCUT2D eigenvalue weighted by Gasteiger charge is -2.01. The average Bonchev–Trinajstić information content (AvgIpc) is 2.62. The number of hydrogen-bond acceptors (Lipinski definition) is 7. The van der Waals surface area contributed by atoms with Gasteiger partial charge in [0.25, 0.3) is 20.6 Å². The minimum absolute atomic E-state index is 0.111. The third kappa shape index (κ3) is 2.46. The number of nitrogens with one attached hydrogen (secondary N) is 3. The molecular weight excluding hydrogens is 282 g/mol. The minimum Gasteiger partial charge on any atom is -0.270 e. The first kappa shape index (κ1) is 12.4. The van der Waals surface area contributed by atoms with Gasteiger partial charge in [-0.15, -0.1) is 11.3 Å². The van der Waals surface area contributed by atoms with Crippen LogP contribution < -0.4 is 16.0 Å². The molecule has 3 N–H and O–H groups in total. The Hall–Kier alpha value is -2.01. The molecule has 0 bridgehead atoms. The molecule has 0 amide bonds. The van der Waals surface area contributed by atoms with Gasteiger partial charge in [0.15, 0.2) is 5.13 Å². The Morgan fingerprint density at radius 3 is 2.67 bits per heavy atom. The maximum Gasteiger partial charge on any atom is 0.342 e. The van der Waals surface area contributed by atoms with Gasteiger partial charge < -0.3 is 0 Å². The van der Waals surface area contributed by atoms with Gasteiger partial charge in [0, 0.05) is 11.1 Å². The van der Waals surface area contributed by atoms with Crippen molar-refractivity contribution in [2.45, 2.75) is 11.9 Å². The summed E-state index contributed by atoms with van der Waals surface area (Å²) in [5.74, 6) is 0. The van der Waals surface area contributed by atoms with Crippen molar-refractivity contribution in [1.82, 2.24) is 20.2 Å². The van der Waals surface area contributed by atoms with Crippen LogP contribution in [0.15, 0.2) is 20.8 Å². The second-order valence-corrected chi connectivity index (χ2v) is 6.03. The third-order valence-electron chi connectivity index (χ3n) is 1.78. The number of aromatic nitrogens is 4. The van der Waals surface area contributed by atoms with Crippen molar-refractivity contribution in [2.24, 2.45) is 0 Å². The second-order valence-electron chi connectivity index (χ2n) is 3.19. The normalized spacial score (nSPS) is 11.4. The summed E-state index contributed by atoms with van der Waals surface area (Å²) in [5.41, 5.74) is -1.98. The van der Waals surface area contributed by atoms with Gasteiger partial charge in [-0.2, -0.15) is 13.5 Å². The average molecular weight is 289 g/mol. The van der Waals surface area contributed by atoms with Crippen molar-refractivity contribution in [3.05, 3.63) is 31.9 Å². The fourth-order valence-electron chi connectivity index (χ4n) is 1.08. The lowest BCUT2D eigenvalue weighted by atomic mass is 10.7. The number of rotatable bonds is 3. The molecule has 11 heteroatoms. The summed E-state index contributed by atoms with van der Waals surface area (Å²) >= 11 is 1.10. The number of aromatic amines is 2. The van der Waals surface area contributed by atoms with E-state index in [9.17, 15) is 18.0 Å². The standard InChI is InChI=1S/C7H7N5O4S2/c1-3-2-8-7(17-3)12-18(15,16)5-4(13)9-6(14)11-10-5/h2H,1H3,(H,8,12)(H2,9,11,13,14). The van der Waals surface area contributed by atoms with E-state index >= 15 is 0 Å². The molecule has 96 valence electrons. The largest absolute Gasteiger partial charge is 0.342 e. The van der Waals surface area contributed by atoms with Crippen molar-refractivity contribution in [2.75, 3.05) is 4.72 Å². The van der Waals surface area contributed by atoms with E-state index in [-0.39, 0.29) is 5.13 Å². The Kier molecular flexibility index (Phi) is 3.00. The van der Waals surface area contributed by atoms with Gasteiger partial charge in [-0.25, -0.2) is 14.9 Å². The fourth-order valence-corrected chi connectivity index (χ4v) is 2.94. The SMILES string of the molecule is Cc1cnc(NS(=O)(=O)c2n[nH]c(=O)[nH]c2=O)s1. The highest BCUT2D eigenvalue weighted by Crippen LogP contribution is 2.18. The molecular formula is C7H7N5O4S2. The predicted octanol–water partition coefficient (Wildman–Crippen LogP) is -0.976. The molecule has 0 aliphatic heterocycles. The number of nitrogens with zero attached hydrogens (tertiary/aromatic N) is 2. The number of aryl methyl sites for hydroxylation is 1. The molecule has 0 radical (unpaired) electrons. The number of anilines is 1. The Bertz CT molecular complexity index is 786. The van der Waals surface area contributed by atoms with E-state index in [0.717, 1.165) is 16.2 Å². The molecule has 9 nitrogen and oxygen atoms in total. The van der Waals surface area contributed by atoms with Gasteiger partial charge in [0.2, 0.25) is 0 Å². The van der Waals surface area contributed by atoms with Crippen molar-refractivity contribution in [1.29, 1.82) is 0 Å². The predicted molar refractivity (Wildman–Crippen MR) is 63.1 cm³/mol. The Morgan fingerprint density at radius 1 is 1.39 bits per heavy atom. The molecule has 18 heavy (non-hydrogen) atoms. The van der Waals surface area contributed by atoms with E-state index in [2.05, 4.69) is 14.8 Å². The maximum absolute atomic E-state index is 11.8. The summed E-state index contributed by atoms with van der Waals surface area (Å²) in [7, 11) is -4.17. The van der Waals surface area contributed by atoms with Gasteiger partial charge in [0.1, 0.15) is 0 Å². The zero-order chi connectivity index (χ0) is 13.3. The molecule has 0 saturated heterocycles. The molecule has 0 unspecified atom stereocenters. The van der Waals surface area contributed by atoms with E-state index in [1.54, 1.807) is 11.9 Å². The van der Waals surface area contributed by atoms with Crippen LogP contribution in [0, 0.1) is 6.92 Å². The van der Waals surface area contributed by atoms with E-state index in [1.807, 2.05) is 5.10 Å². The van der Waals surface area contributed by atoms with E-state index in [4.69, 9.17) is 0 Å². The van der Waals surface area contributed by atoms with E-state index in [0.29, 0.717) is 0 Å². The zero-order valence-corrected chi connectivity index (χ0v) is 10.6. The van der Waals surface area contributed by atoms with Crippen LogP contribution in [0.2, 0.25) is 0 Å². The van der Waals surface area contributed by atoms with Crippen LogP contribution in [0.4, 0.5) is 5.13 Å². The number of sulfonamides is 1. The van der Waals surface area contributed by atoms with Crippen LogP contribution in [-0.2, 0) is 10.0 Å². The summed E-state index contributed by atoms with van der Waals surface area (Å²) < 4.78 is 25.7. The van der Waals surface area contributed by atoms with Gasteiger partial charge in [-0.3, -0.25) is 14.5 Å². The van der Waals surface area contributed by atoms with Crippen molar-refractivity contribution < 1.29 is 8.42 Å². The van der Waals surface area contributed by atoms with Gasteiger partial charge in [-0.1, -0.05) is 0 Å². The summed E-state index contributed by atoms with van der Waals surface area (Å²) in [6, 6.07) is 0. The van der Waals surface area contributed by atoms with E-state index < -0.39 is 26.3 Å². The van der Waals surface area contributed by atoms with Crippen molar-refractivity contribution >= 4 is 26.5 Å². The Morgan fingerprint density at radius 2 is 2.11 bits per heavy atom. The minimum atomic E-state index is -4.17. The van der Waals surface area contributed by atoms with Crippen LogP contribution in [0.25, 0.3) is 0 Å². The quantitative estimate of drug-likeness (QED) is 0.664. The first-order valence-corrected chi connectivity index (χ1v) is 6.83. The summed E-state index contributed by atoms with van der Waals surface area (Å²) in [4.78, 5) is 28.4. The summed E-state index contributed by atoms with van der Waals surface area (Å²) in [5, 5.41) is 4.33. The van der Waals surface area contributed by atoms with Crippen molar-refractivity contribution in [3.63, 3.8) is 0 Å². The number of H-pyrrole nitrogens is 2. The van der Waals surface area contributed by atoms with Crippen molar-refractivity contribution in [3.8, 4) is 0 Å². The molecule has 0 aromatic carbocycles. The molecule has 2 aromatic rings. The topological polar surface area (TPSA) is 138 Å². The molecule has 0 aliphatic carbocycles. The Balaban J connectivity index is 2.43. The molecule has 2 aromatic heterocycles. The van der Waals surface area contributed by atoms with Crippen LogP contribution >= 0.6 is 11.3 Å². The Labute approximate surface area is 104 Å². The van der Waals surface area contributed by atoms with Crippen LogP contribution in [0.5, 0.6) is 0 Å². The van der Waals surface area contributed by atoms with E-state index in [1.165, 1.54) is 6.20 Å². The highest BCUT2D eigenvalue weighted by molar-refractivity contribution is 7.92. The van der Waals surface area contributed by atoms with Gasteiger partial charge in [0.05, 0.1) is 0 Å². The monoisotopic (exact) mass is 289 g/mol. The maximum atomic E-state index is 11.8. The van der Waals surface area contributed by atoms with Gasteiger partial charge >= 0.3 is 5.69 Å². The second kappa shape index (κ2) is 4.34. The van der Waals surface area contributed by atoms with Crippen LogP contribution in [0.1, 0.15) is 4.88 Å². The molecule has 2 rings (SSSR count). The molecule has 0 fully saturated rings. The molecule has 0 spiro atoms. The highest BCUT2D eigenvalue weighted by atomic mass is 32.2.